The van der Waals surface area contributed by atoms with Gasteiger partial charge in [0.1, 0.15) is 0 Å². The largest absolute Gasteiger partial charge is 0.323 e. The van der Waals surface area contributed by atoms with E-state index in [2.05, 4.69) is 10.6 Å². The number of nitrogens with one attached hydrogen (secondary N) is 2. The topological polar surface area (TPSA) is 61.4 Å². The van der Waals surface area contributed by atoms with Crippen LogP contribution in [-0.4, -0.2) is 18.5 Å². The Morgan fingerprint density at radius 3 is 2.46 bits per heavy atom. The number of carbonyl (C=O) groups is 2. The van der Waals surface area contributed by atoms with E-state index in [0.717, 1.165) is 47.6 Å². The van der Waals surface area contributed by atoms with Gasteiger partial charge in [-0.3, -0.25) is 4.79 Å². The van der Waals surface area contributed by atoms with Crippen LogP contribution in [0.3, 0.4) is 0 Å². The number of fused-ring (bicyclic) bond motifs is 1. The van der Waals surface area contributed by atoms with Crippen LogP contribution in [0.2, 0.25) is 0 Å². The summed E-state index contributed by atoms with van der Waals surface area (Å²) in [6.07, 6.45) is 1.84. The van der Waals surface area contributed by atoms with E-state index in [1.54, 1.807) is 0 Å². The van der Waals surface area contributed by atoms with Crippen molar-refractivity contribution < 1.29 is 9.59 Å². The molecule has 5 heteroatoms. The second-order valence-electron chi connectivity index (χ2n) is 7.04. The summed E-state index contributed by atoms with van der Waals surface area (Å²) in [6, 6.07) is 13.1. The van der Waals surface area contributed by atoms with Crippen LogP contribution in [0.4, 0.5) is 21.9 Å². The number of benzene rings is 2. The Labute approximate surface area is 154 Å². The third kappa shape index (κ3) is 4.04. The highest BCUT2D eigenvalue weighted by atomic mass is 16.2. The molecule has 3 amide bonds. The lowest BCUT2D eigenvalue weighted by molar-refractivity contribution is -0.121. The number of nitrogens with zero attached hydrogens (tertiary/aromatic N) is 1. The molecule has 0 radical (unpaired) electrons. The Morgan fingerprint density at radius 1 is 1.04 bits per heavy atom. The van der Waals surface area contributed by atoms with Crippen LogP contribution >= 0.6 is 0 Å². The van der Waals surface area contributed by atoms with Crippen LogP contribution in [0.1, 0.15) is 31.4 Å². The smallest absolute Gasteiger partial charge is 0.312 e. The molecule has 3 rings (SSSR count). The molecule has 1 aliphatic rings. The first-order chi connectivity index (χ1) is 12.4. The summed E-state index contributed by atoms with van der Waals surface area (Å²) in [5, 5.41) is 5.71. The molecule has 0 aromatic heterocycles. The van der Waals surface area contributed by atoms with Crippen molar-refractivity contribution in [1.29, 1.82) is 0 Å². The van der Waals surface area contributed by atoms with Crippen molar-refractivity contribution in [1.82, 2.24) is 0 Å². The van der Waals surface area contributed by atoms with E-state index in [1.165, 1.54) is 0 Å². The van der Waals surface area contributed by atoms with Crippen molar-refractivity contribution in [2.45, 2.75) is 33.6 Å². The first-order valence-corrected chi connectivity index (χ1v) is 9.03. The molecule has 136 valence electrons. The van der Waals surface area contributed by atoms with E-state index >= 15 is 0 Å². The molecule has 0 aliphatic carbocycles. The van der Waals surface area contributed by atoms with E-state index in [-0.39, 0.29) is 17.9 Å². The monoisotopic (exact) mass is 351 g/mol. The molecule has 1 heterocycles. The lowest BCUT2D eigenvalue weighted by atomic mass is 9.99. The van der Waals surface area contributed by atoms with Gasteiger partial charge in [-0.1, -0.05) is 26.0 Å². The number of anilines is 3. The van der Waals surface area contributed by atoms with E-state index < -0.39 is 0 Å². The van der Waals surface area contributed by atoms with Crippen LogP contribution in [0.5, 0.6) is 0 Å². The van der Waals surface area contributed by atoms with E-state index in [0.29, 0.717) is 0 Å². The molecule has 0 saturated carbocycles. The number of amides is 3. The van der Waals surface area contributed by atoms with Crippen molar-refractivity contribution in [3.63, 3.8) is 0 Å². The molecular formula is C21H25N3O2. The first kappa shape index (κ1) is 18.0. The van der Waals surface area contributed by atoms with Crippen molar-refractivity contribution in [3.8, 4) is 0 Å². The highest BCUT2D eigenvalue weighted by Gasteiger charge is 2.24. The highest BCUT2D eigenvalue weighted by Crippen LogP contribution is 2.30. The second kappa shape index (κ2) is 7.60. The number of urea groups is 1. The van der Waals surface area contributed by atoms with Crippen molar-refractivity contribution in [3.05, 3.63) is 53.6 Å². The van der Waals surface area contributed by atoms with Gasteiger partial charge in [-0.2, -0.15) is 0 Å². The van der Waals surface area contributed by atoms with Gasteiger partial charge in [0.15, 0.2) is 0 Å². The van der Waals surface area contributed by atoms with Gasteiger partial charge < -0.3 is 15.5 Å². The molecule has 0 saturated heterocycles. The Bertz CT molecular complexity index is 830. The average molecular weight is 351 g/mol. The van der Waals surface area contributed by atoms with Crippen LogP contribution in [-0.2, 0) is 11.2 Å². The molecule has 0 fully saturated rings. The van der Waals surface area contributed by atoms with Crippen LogP contribution in [0, 0.1) is 12.8 Å². The molecule has 2 aromatic rings. The zero-order valence-electron chi connectivity index (χ0n) is 15.5. The Kier molecular flexibility index (Phi) is 5.26. The number of hydrogen-bond donors (Lipinski definition) is 2. The summed E-state index contributed by atoms with van der Waals surface area (Å²) in [5.74, 6) is 0.114. The van der Waals surface area contributed by atoms with Crippen molar-refractivity contribution >= 4 is 29.0 Å². The van der Waals surface area contributed by atoms with Gasteiger partial charge in [-0.05, 0) is 61.2 Å². The standard InChI is InChI=1S/C21H25N3O2/c1-14(2)20(25)24-11-5-7-16-13-18(9-10-19(16)24)23-21(26)22-17-8-4-6-15(3)12-17/h4,6,8-10,12-14H,5,7,11H2,1-3H3,(H2,22,23,26). The molecule has 26 heavy (non-hydrogen) atoms. The average Bonchev–Trinajstić information content (AvgIpc) is 2.60. The predicted octanol–water partition coefficient (Wildman–Crippen LogP) is 4.57. The second-order valence-corrected chi connectivity index (χ2v) is 7.04. The van der Waals surface area contributed by atoms with Gasteiger partial charge >= 0.3 is 6.03 Å². The molecule has 5 nitrogen and oxygen atoms in total. The minimum atomic E-state index is -0.276. The molecule has 0 atom stereocenters. The summed E-state index contributed by atoms with van der Waals surface area (Å²) in [5.41, 5.74) is 4.63. The number of aryl methyl sites for hydroxylation is 2. The maximum Gasteiger partial charge on any atom is 0.323 e. The minimum Gasteiger partial charge on any atom is -0.312 e. The van der Waals surface area contributed by atoms with Gasteiger partial charge in [0.25, 0.3) is 0 Å². The molecule has 0 bridgehead atoms. The van der Waals surface area contributed by atoms with E-state index in [9.17, 15) is 9.59 Å². The summed E-state index contributed by atoms with van der Waals surface area (Å²) in [7, 11) is 0. The quantitative estimate of drug-likeness (QED) is 0.850. The third-order valence-electron chi connectivity index (χ3n) is 4.49. The fourth-order valence-electron chi connectivity index (χ4n) is 3.23. The molecule has 0 spiro atoms. The van der Waals surface area contributed by atoms with E-state index in [4.69, 9.17) is 0 Å². The van der Waals surface area contributed by atoms with Gasteiger partial charge in [0.05, 0.1) is 0 Å². The molecule has 1 aliphatic heterocycles. The molecular weight excluding hydrogens is 326 g/mol. The zero-order valence-corrected chi connectivity index (χ0v) is 15.5. The van der Waals surface area contributed by atoms with Crippen LogP contribution < -0.4 is 15.5 Å². The number of hydrogen-bond acceptors (Lipinski definition) is 2. The van der Waals surface area contributed by atoms with Crippen LogP contribution in [0.15, 0.2) is 42.5 Å². The summed E-state index contributed by atoms with van der Waals surface area (Å²) >= 11 is 0. The number of rotatable bonds is 3. The lowest BCUT2D eigenvalue weighted by Crippen LogP contribution is -2.38. The fraction of sp³-hybridized carbons (Fsp3) is 0.333. The van der Waals surface area contributed by atoms with Gasteiger partial charge in [0.2, 0.25) is 5.91 Å². The van der Waals surface area contributed by atoms with Crippen molar-refractivity contribution in [2.24, 2.45) is 5.92 Å². The SMILES string of the molecule is Cc1cccc(NC(=O)Nc2ccc3c(c2)CCCN3C(=O)C(C)C)c1. The van der Waals surface area contributed by atoms with E-state index in [1.807, 2.05) is 68.1 Å². The summed E-state index contributed by atoms with van der Waals surface area (Å²) in [6.45, 7) is 6.58. The minimum absolute atomic E-state index is 0.0288. The fourth-order valence-corrected chi connectivity index (χ4v) is 3.23. The third-order valence-corrected chi connectivity index (χ3v) is 4.49. The summed E-state index contributed by atoms with van der Waals surface area (Å²) in [4.78, 5) is 26.5. The highest BCUT2D eigenvalue weighted by molar-refractivity contribution is 6.00. The number of carbonyl (C=O) groups excluding carboxylic acids is 2. The first-order valence-electron chi connectivity index (χ1n) is 9.03. The Hall–Kier alpha value is -2.82. The Morgan fingerprint density at radius 2 is 1.77 bits per heavy atom. The van der Waals surface area contributed by atoms with Gasteiger partial charge in [-0.15, -0.1) is 0 Å². The maximum absolute atomic E-state index is 12.4. The zero-order chi connectivity index (χ0) is 18.7. The van der Waals surface area contributed by atoms with Gasteiger partial charge in [-0.25, -0.2) is 4.79 Å². The summed E-state index contributed by atoms with van der Waals surface area (Å²) < 4.78 is 0. The maximum atomic E-state index is 12.4. The molecule has 2 aromatic carbocycles. The predicted molar refractivity (Wildman–Crippen MR) is 106 cm³/mol. The lowest BCUT2D eigenvalue weighted by Gasteiger charge is -2.31. The normalized spacial score (nSPS) is 13.3. The van der Waals surface area contributed by atoms with Crippen LogP contribution in [0.25, 0.3) is 0 Å². The molecule has 2 N–H and O–H groups in total. The Balaban J connectivity index is 1.72. The van der Waals surface area contributed by atoms with Crippen molar-refractivity contribution in [2.75, 3.05) is 22.1 Å². The van der Waals surface area contributed by atoms with Gasteiger partial charge in [0, 0.05) is 29.5 Å². The molecule has 0 unspecified atom stereocenters.